The molecule has 5 nitrogen and oxygen atoms in total. The van der Waals surface area contributed by atoms with Crippen molar-refractivity contribution in [3.05, 3.63) is 11.1 Å². The van der Waals surface area contributed by atoms with Crippen LogP contribution in [0.25, 0.3) is 0 Å². The van der Waals surface area contributed by atoms with Crippen molar-refractivity contribution in [3.8, 4) is 0 Å². The van der Waals surface area contributed by atoms with E-state index < -0.39 is 0 Å². The highest BCUT2D eigenvalue weighted by Gasteiger charge is 2.14. The third kappa shape index (κ3) is 5.74. The molecule has 23 heavy (non-hydrogen) atoms. The standard InChI is InChI=1S/C14H20N4OS4/c1-4-6-7-20-13-16-17-14(23-13)22-9-11-8-21-12(15-11)18(5-2)10(3)19/h8H,4-7,9H2,1-3H3. The number of thiazole rings is 1. The predicted octanol–water partition coefficient (Wildman–Crippen LogP) is 4.55. The summed E-state index contributed by atoms with van der Waals surface area (Å²) >= 11 is 6.57. The molecular formula is C14H20N4OS4. The van der Waals surface area contributed by atoms with Gasteiger partial charge in [-0.3, -0.25) is 9.69 Å². The zero-order chi connectivity index (χ0) is 16.7. The van der Waals surface area contributed by atoms with Crippen molar-refractivity contribution in [1.82, 2.24) is 15.2 Å². The van der Waals surface area contributed by atoms with Gasteiger partial charge in [0.25, 0.3) is 0 Å². The van der Waals surface area contributed by atoms with E-state index in [0.29, 0.717) is 6.54 Å². The fourth-order valence-corrected chi connectivity index (χ4v) is 5.84. The van der Waals surface area contributed by atoms with E-state index in [0.717, 1.165) is 31.0 Å². The Kier molecular flexibility index (Phi) is 7.81. The molecule has 0 aliphatic carbocycles. The molecule has 2 heterocycles. The lowest BCUT2D eigenvalue weighted by Crippen LogP contribution is -2.27. The SMILES string of the molecule is CCCCSc1nnc(SCc2csc(N(CC)C(C)=O)n2)s1. The summed E-state index contributed by atoms with van der Waals surface area (Å²) in [4.78, 5) is 17.8. The van der Waals surface area contributed by atoms with Crippen molar-refractivity contribution in [3.63, 3.8) is 0 Å². The Hall–Kier alpha value is -0.640. The molecular weight excluding hydrogens is 368 g/mol. The summed E-state index contributed by atoms with van der Waals surface area (Å²) in [6.45, 7) is 6.36. The molecule has 0 saturated heterocycles. The van der Waals surface area contributed by atoms with E-state index in [1.807, 2.05) is 12.3 Å². The van der Waals surface area contributed by atoms with Gasteiger partial charge in [-0.15, -0.1) is 21.5 Å². The molecule has 2 aromatic heterocycles. The number of hydrogen-bond acceptors (Lipinski definition) is 8. The van der Waals surface area contributed by atoms with Crippen molar-refractivity contribution in [1.29, 1.82) is 0 Å². The summed E-state index contributed by atoms with van der Waals surface area (Å²) in [5.41, 5.74) is 0.977. The van der Waals surface area contributed by atoms with E-state index in [1.54, 1.807) is 46.7 Å². The summed E-state index contributed by atoms with van der Waals surface area (Å²) in [6.07, 6.45) is 2.41. The van der Waals surface area contributed by atoms with Crippen LogP contribution in [0.3, 0.4) is 0 Å². The molecule has 0 radical (unpaired) electrons. The molecule has 0 fully saturated rings. The maximum Gasteiger partial charge on any atom is 0.225 e. The average molecular weight is 389 g/mol. The predicted molar refractivity (Wildman–Crippen MR) is 101 cm³/mol. The molecule has 0 aliphatic rings. The van der Waals surface area contributed by atoms with Gasteiger partial charge in [0, 0.05) is 30.4 Å². The Morgan fingerprint density at radius 3 is 2.65 bits per heavy atom. The van der Waals surface area contributed by atoms with Gasteiger partial charge in [-0.05, 0) is 13.3 Å². The van der Waals surface area contributed by atoms with Crippen molar-refractivity contribution in [2.45, 2.75) is 48.0 Å². The number of carbonyl (C=O) groups excluding carboxylic acids is 1. The maximum atomic E-state index is 11.5. The first-order valence-electron chi connectivity index (χ1n) is 7.45. The number of nitrogens with zero attached hydrogens (tertiary/aromatic N) is 4. The van der Waals surface area contributed by atoms with E-state index in [2.05, 4.69) is 22.1 Å². The molecule has 0 N–H and O–H groups in total. The number of aromatic nitrogens is 3. The lowest BCUT2D eigenvalue weighted by atomic mass is 10.4. The quantitative estimate of drug-likeness (QED) is 0.464. The zero-order valence-corrected chi connectivity index (χ0v) is 16.7. The van der Waals surface area contributed by atoms with Gasteiger partial charge in [-0.25, -0.2) is 4.98 Å². The highest BCUT2D eigenvalue weighted by molar-refractivity contribution is 8.02. The summed E-state index contributed by atoms with van der Waals surface area (Å²) in [5.74, 6) is 1.88. The first-order chi connectivity index (χ1) is 11.1. The zero-order valence-electron chi connectivity index (χ0n) is 13.4. The van der Waals surface area contributed by atoms with Gasteiger partial charge in [0.2, 0.25) is 5.91 Å². The topological polar surface area (TPSA) is 59.0 Å². The van der Waals surface area contributed by atoms with Crippen LogP contribution in [0.5, 0.6) is 0 Å². The minimum atomic E-state index is 0.0268. The summed E-state index contributed by atoms with van der Waals surface area (Å²) < 4.78 is 2.01. The van der Waals surface area contributed by atoms with Gasteiger partial charge < -0.3 is 0 Å². The molecule has 0 saturated carbocycles. The normalized spacial score (nSPS) is 10.9. The summed E-state index contributed by atoms with van der Waals surface area (Å²) in [5, 5.41) is 11.2. The van der Waals surface area contributed by atoms with E-state index in [1.165, 1.54) is 24.2 Å². The molecule has 2 aromatic rings. The largest absolute Gasteiger partial charge is 0.289 e. The fraction of sp³-hybridized carbons (Fsp3) is 0.571. The second-order valence-corrected chi connectivity index (χ2v) is 9.09. The van der Waals surface area contributed by atoms with Crippen LogP contribution in [-0.4, -0.2) is 33.4 Å². The van der Waals surface area contributed by atoms with Gasteiger partial charge in [0.1, 0.15) is 0 Å². The molecule has 0 spiro atoms. The highest BCUT2D eigenvalue weighted by Crippen LogP contribution is 2.32. The molecule has 0 aliphatic heterocycles. The van der Waals surface area contributed by atoms with Crippen LogP contribution in [0.4, 0.5) is 5.13 Å². The highest BCUT2D eigenvalue weighted by atomic mass is 32.2. The molecule has 9 heteroatoms. The van der Waals surface area contributed by atoms with Crippen molar-refractivity contribution in [2.24, 2.45) is 0 Å². The van der Waals surface area contributed by atoms with E-state index >= 15 is 0 Å². The average Bonchev–Trinajstić information content (AvgIpc) is 3.15. The minimum absolute atomic E-state index is 0.0268. The number of hydrogen-bond donors (Lipinski definition) is 0. The van der Waals surface area contributed by atoms with Gasteiger partial charge in [-0.2, -0.15) is 0 Å². The van der Waals surface area contributed by atoms with Crippen LogP contribution in [0, 0.1) is 0 Å². The third-order valence-corrected chi connectivity index (χ3v) is 7.14. The van der Waals surface area contributed by atoms with Crippen LogP contribution >= 0.6 is 46.2 Å². The lowest BCUT2D eigenvalue weighted by molar-refractivity contribution is -0.116. The Bertz CT molecular complexity index is 628. The van der Waals surface area contributed by atoms with E-state index in [9.17, 15) is 4.79 Å². The van der Waals surface area contributed by atoms with Crippen LogP contribution in [-0.2, 0) is 10.5 Å². The summed E-state index contributed by atoms with van der Waals surface area (Å²) in [7, 11) is 0. The number of anilines is 1. The van der Waals surface area contributed by atoms with Crippen LogP contribution in [0.1, 0.15) is 39.3 Å². The van der Waals surface area contributed by atoms with Gasteiger partial charge in [-0.1, -0.05) is 48.2 Å². The fourth-order valence-electron chi connectivity index (χ4n) is 1.73. The van der Waals surface area contributed by atoms with Crippen LogP contribution in [0.2, 0.25) is 0 Å². The van der Waals surface area contributed by atoms with E-state index in [-0.39, 0.29) is 5.91 Å². The number of carbonyl (C=O) groups is 1. The second-order valence-electron chi connectivity index (χ2n) is 4.71. The number of rotatable bonds is 9. The Balaban J connectivity index is 1.86. The van der Waals surface area contributed by atoms with Crippen LogP contribution in [0.15, 0.2) is 14.1 Å². The Morgan fingerprint density at radius 2 is 2.00 bits per heavy atom. The number of thioether (sulfide) groups is 2. The van der Waals surface area contributed by atoms with Crippen LogP contribution < -0.4 is 4.90 Å². The lowest BCUT2D eigenvalue weighted by Gasteiger charge is -2.14. The third-order valence-electron chi connectivity index (χ3n) is 2.92. The minimum Gasteiger partial charge on any atom is -0.289 e. The Labute approximate surface area is 153 Å². The van der Waals surface area contributed by atoms with Crippen molar-refractivity contribution in [2.75, 3.05) is 17.2 Å². The molecule has 126 valence electrons. The smallest absolute Gasteiger partial charge is 0.225 e. The Morgan fingerprint density at radius 1 is 1.26 bits per heavy atom. The molecule has 0 unspecified atom stereocenters. The van der Waals surface area contributed by atoms with E-state index in [4.69, 9.17) is 0 Å². The molecule has 0 aromatic carbocycles. The number of unbranched alkanes of at least 4 members (excludes halogenated alkanes) is 1. The second kappa shape index (κ2) is 9.61. The van der Waals surface area contributed by atoms with Crippen molar-refractivity contribution < 1.29 is 4.79 Å². The van der Waals surface area contributed by atoms with Gasteiger partial charge in [0.15, 0.2) is 13.8 Å². The first kappa shape index (κ1) is 18.7. The van der Waals surface area contributed by atoms with Crippen molar-refractivity contribution >= 4 is 57.2 Å². The first-order valence-corrected chi connectivity index (χ1v) is 11.1. The molecule has 0 atom stereocenters. The molecule has 0 bridgehead atoms. The molecule has 2 rings (SSSR count). The molecule has 1 amide bonds. The van der Waals surface area contributed by atoms with Gasteiger partial charge in [0.05, 0.1) is 5.69 Å². The van der Waals surface area contributed by atoms with Gasteiger partial charge >= 0.3 is 0 Å². The number of amides is 1. The summed E-state index contributed by atoms with van der Waals surface area (Å²) in [6, 6.07) is 0. The monoisotopic (exact) mass is 388 g/mol. The maximum absolute atomic E-state index is 11.5.